The third-order valence-electron chi connectivity index (χ3n) is 8.16. The molecule has 1 saturated heterocycles. The zero-order valence-corrected chi connectivity index (χ0v) is 24.9. The summed E-state index contributed by atoms with van der Waals surface area (Å²) in [7, 11) is 0. The van der Waals surface area contributed by atoms with E-state index in [9.17, 15) is 27.6 Å². The molecule has 1 aliphatic carbocycles. The fourth-order valence-electron chi connectivity index (χ4n) is 5.68. The molecule has 0 bridgehead atoms. The Morgan fingerprint density at radius 1 is 1.05 bits per heavy atom. The predicted molar refractivity (Wildman–Crippen MR) is 157 cm³/mol. The van der Waals surface area contributed by atoms with Crippen LogP contribution in [0.25, 0.3) is 5.69 Å². The SMILES string of the molecule is CCN(Cc1ccc(-n2ccc(NC(=O)N3CCN(C(=O)C(C)(C)N)CC3)nc2=O)cc1C(F)(F)F)[C@H]1CC[C@H](N)CC1. The number of carbonyl (C=O) groups excluding carboxylic acids is 2. The van der Waals surface area contributed by atoms with Crippen LogP contribution in [0.4, 0.5) is 23.8 Å². The van der Waals surface area contributed by atoms with Gasteiger partial charge in [0.25, 0.3) is 0 Å². The second-order valence-corrected chi connectivity index (χ2v) is 11.9. The number of carbonyl (C=O) groups is 2. The zero-order chi connectivity index (χ0) is 31.5. The molecule has 1 aromatic carbocycles. The van der Waals surface area contributed by atoms with Gasteiger partial charge in [-0.15, -0.1) is 0 Å². The summed E-state index contributed by atoms with van der Waals surface area (Å²) < 4.78 is 43.6. The number of piperazine rings is 1. The second kappa shape index (κ2) is 13.0. The van der Waals surface area contributed by atoms with Crippen molar-refractivity contribution in [2.24, 2.45) is 11.5 Å². The molecule has 11 nitrogen and oxygen atoms in total. The van der Waals surface area contributed by atoms with Crippen LogP contribution < -0.4 is 22.5 Å². The number of hydrogen-bond donors (Lipinski definition) is 3. The highest BCUT2D eigenvalue weighted by molar-refractivity contribution is 5.89. The summed E-state index contributed by atoms with van der Waals surface area (Å²) in [6.45, 7) is 7.07. The summed E-state index contributed by atoms with van der Waals surface area (Å²) >= 11 is 0. The van der Waals surface area contributed by atoms with Gasteiger partial charge in [0.2, 0.25) is 5.91 Å². The van der Waals surface area contributed by atoms with Crippen LogP contribution in [0.3, 0.4) is 0 Å². The van der Waals surface area contributed by atoms with E-state index in [0.717, 1.165) is 36.3 Å². The molecule has 3 amide bonds. The van der Waals surface area contributed by atoms with Gasteiger partial charge in [0, 0.05) is 51.0 Å². The van der Waals surface area contributed by atoms with E-state index in [0.29, 0.717) is 19.6 Å². The van der Waals surface area contributed by atoms with Crippen LogP contribution in [0, 0.1) is 0 Å². The predicted octanol–water partition coefficient (Wildman–Crippen LogP) is 2.76. The lowest BCUT2D eigenvalue weighted by Gasteiger charge is -2.37. The number of benzene rings is 1. The number of anilines is 1. The molecule has 1 saturated carbocycles. The summed E-state index contributed by atoms with van der Waals surface area (Å²) in [6.07, 6.45) is 0.0532. The molecule has 2 aliphatic rings. The number of alkyl halides is 3. The first-order valence-corrected chi connectivity index (χ1v) is 14.6. The van der Waals surface area contributed by atoms with Crippen LogP contribution in [-0.2, 0) is 17.5 Å². The van der Waals surface area contributed by atoms with E-state index < -0.39 is 29.0 Å². The first-order valence-electron chi connectivity index (χ1n) is 14.6. The number of rotatable bonds is 7. The van der Waals surface area contributed by atoms with Crippen molar-refractivity contribution >= 4 is 17.8 Å². The van der Waals surface area contributed by atoms with Crippen molar-refractivity contribution in [3.63, 3.8) is 0 Å². The van der Waals surface area contributed by atoms with Crippen LogP contribution >= 0.6 is 0 Å². The summed E-state index contributed by atoms with van der Waals surface area (Å²) in [4.78, 5) is 47.0. The molecule has 2 heterocycles. The van der Waals surface area contributed by atoms with Crippen molar-refractivity contribution in [2.75, 3.05) is 38.0 Å². The molecule has 1 aliphatic heterocycles. The molecule has 236 valence electrons. The Kier molecular flexibility index (Phi) is 9.82. The fraction of sp³-hybridized carbons (Fsp3) is 0.586. The highest BCUT2D eigenvalue weighted by Crippen LogP contribution is 2.35. The molecular weight excluding hydrogens is 565 g/mol. The zero-order valence-electron chi connectivity index (χ0n) is 24.9. The van der Waals surface area contributed by atoms with Gasteiger partial charge in [-0.2, -0.15) is 18.2 Å². The molecule has 0 unspecified atom stereocenters. The monoisotopic (exact) mass is 606 g/mol. The largest absolute Gasteiger partial charge is 0.416 e. The molecule has 2 fully saturated rings. The van der Waals surface area contributed by atoms with Crippen molar-refractivity contribution in [3.8, 4) is 5.69 Å². The van der Waals surface area contributed by atoms with Gasteiger partial charge in [0.05, 0.1) is 16.8 Å². The molecular formula is C29H41F3N8O3. The van der Waals surface area contributed by atoms with Crippen LogP contribution in [0.2, 0.25) is 0 Å². The Morgan fingerprint density at radius 2 is 1.67 bits per heavy atom. The van der Waals surface area contributed by atoms with Gasteiger partial charge < -0.3 is 21.3 Å². The summed E-state index contributed by atoms with van der Waals surface area (Å²) in [5.41, 5.74) is 9.38. The fourth-order valence-corrected chi connectivity index (χ4v) is 5.68. The summed E-state index contributed by atoms with van der Waals surface area (Å²) in [6, 6.07) is 5.00. The standard InChI is InChI=1S/C29H41F3N8O3/c1-4-37(21-9-6-20(33)7-10-21)18-19-5-8-22(17-23(19)29(30,31)32)40-12-11-24(36-27(40)43)35-26(42)39-15-13-38(14-16-39)25(41)28(2,3)34/h5,8,11-12,17,20-21H,4,6-7,9-10,13-16,18,33-34H2,1-3H3,(H,35,36,42,43)/t20-,21-. The Labute approximate surface area is 249 Å². The first kappa shape index (κ1) is 32.4. The quantitative estimate of drug-likeness (QED) is 0.440. The normalized spacial score (nSPS) is 19.9. The third-order valence-corrected chi connectivity index (χ3v) is 8.16. The number of amides is 3. The minimum atomic E-state index is -4.63. The van der Waals surface area contributed by atoms with Crippen molar-refractivity contribution in [3.05, 3.63) is 52.1 Å². The van der Waals surface area contributed by atoms with Crippen molar-refractivity contribution < 1.29 is 22.8 Å². The maximum Gasteiger partial charge on any atom is 0.416 e. The topological polar surface area (TPSA) is 143 Å². The summed E-state index contributed by atoms with van der Waals surface area (Å²) in [5.74, 6) is -0.247. The Morgan fingerprint density at radius 3 is 2.23 bits per heavy atom. The van der Waals surface area contributed by atoms with Gasteiger partial charge >= 0.3 is 17.9 Å². The molecule has 14 heteroatoms. The molecule has 0 atom stereocenters. The van der Waals surface area contributed by atoms with Gasteiger partial charge in [0.15, 0.2) is 0 Å². The van der Waals surface area contributed by atoms with E-state index >= 15 is 0 Å². The second-order valence-electron chi connectivity index (χ2n) is 11.9. The van der Waals surface area contributed by atoms with E-state index in [1.165, 1.54) is 29.3 Å². The van der Waals surface area contributed by atoms with Gasteiger partial charge in [-0.1, -0.05) is 13.0 Å². The molecule has 0 spiro atoms. The maximum absolute atomic E-state index is 14.2. The Balaban J connectivity index is 1.46. The van der Waals surface area contributed by atoms with Crippen molar-refractivity contribution in [1.29, 1.82) is 0 Å². The number of urea groups is 1. The van der Waals surface area contributed by atoms with Crippen LogP contribution in [0.5, 0.6) is 0 Å². The number of halogens is 3. The Bertz CT molecular complexity index is 1360. The van der Waals surface area contributed by atoms with Gasteiger partial charge in [-0.25, -0.2) is 9.59 Å². The van der Waals surface area contributed by atoms with E-state index in [-0.39, 0.29) is 54.7 Å². The Hall–Kier alpha value is -3.49. The van der Waals surface area contributed by atoms with Gasteiger partial charge in [0.1, 0.15) is 5.82 Å². The number of hydrogen-bond acceptors (Lipinski definition) is 7. The van der Waals surface area contributed by atoms with E-state index in [2.05, 4.69) is 15.2 Å². The number of nitrogens with two attached hydrogens (primary N) is 2. The lowest BCUT2D eigenvalue weighted by molar-refractivity contribution is -0.138. The van der Waals surface area contributed by atoms with Gasteiger partial charge in [-0.05, 0) is 69.8 Å². The van der Waals surface area contributed by atoms with Crippen LogP contribution in [0.1, 0.15) is 57.6 Å². The highest BCUT2D eigenvalue weighted by Gasteiger charge is 2.35. The molecule has 4 rings (SSSR count). The molecule has 1 aromatic heterocycles. The summed E-state index contributed by atoms with van der Waals surface area (Å²) in [5, 5.41) is 2.55. The lowest BCUT2D eigenvalue weighted by atomic mass is 9.90. The number of nitrogens with one attached hydrogen (secondary N) is 1. The number of nitrogens with zero attached hydrogens (tertiary/aromatic N) is 5. The molecule has 43 heavy (non-hydrogen) atoms. The van der Waals surface area contributed by atoms with Crippen molar-refractivity contribution in [1.82, 2.24) is 24.3 Å². The average molecular weight is 607 g/mol. The molecule has 2 aromatic rings. The average Bonchev–Trinajstić information content (AvgIpc) is 2.95. The molecule has 5 N–H and O–H groups in total. The van der Waals surface area contributed by atoms with E-state index in [4.69, 9.17) is 11.5 Å². The van der Waals surface area contributed by atoms with E-state index in [1.807, 2.05) is 6.92 Å². The smallest absolute Gasteiger partial charge is 0.338 e. The van der Waals surface area contributed by atoms with Crippen LogP contribution in [0.15, 0.2) is 35.3 Å². The number of aromatic nitrogens is 2. The van der Waals surface area contributed by atoms with Crippen molar-refractivity contribution in [2.45, 2.75) is 76.8 Å². The lowest BCUT2D eigenvalue weighted by Crippen LogP contribution is -2.58. The maximum atomic E-state index is 14.2. The highest BCUT2D eigenvalue weighted by atomic mass is 19.4. The minimum absolute atomic E-state index is 0.0155. The third kappa shape index (κ3) is 7.92. The van der Waals surface area contributed by atoms with Crippen LogP contribution in [-0.4, -0.2) is 86.5 Å². The molecule has 0 radical (unpaired) electrons. The minimum Gasteiger partial charge on any atom is -0.338 e. The van der Waals surface area contributed by atoms with E-state index in [1.54, 1.807) is 18.7 Å². The first-order chi connectivity index (χ1) is 20.2. The van der Waals surface area contributed by atoms with Gasteiger partial charge in [-0.3, -0.25) is 19.6 Å².